The molecule has 0 N–H and O–H groups in total. The molecule has 1 aromatic carbocycles. The lowest BCUT2D eigenvalue weighted by atomic mass is 10.1. The van der Waals surface area contributed by atoms with Gasteiger partial charge < -0.3 is 4.74 Å². The molecule has 0 amide bonds. The number of halogens is 2. The third kappa shape index (κ3) is 3.71. The van der Waals surface area contributed by atoms with Crippen LogP contribution in [-0.4, -0.2) is 19.0 Å². The fourth-order valence-electron chi connectivity index (χ4n) is 1.19. The minimum Gasteiger partial charge on any atom is -0.465 e. The molecule has 1 rings (SSSR count). The Morgan fingerprint density at radius 3 is 2.44 bits per heavy atom. The number of alkyl halides is 2. The minimum atomic E-state index is -0.624. The van der Waals surface area contributed by atoms with Gasteiger partial charge in [0.15, 0.2) is 5.75 Å². The first-order chi connectivity index (χ1) is 8.47. The Balaban J connectivity index is 3.20. The summed E-state index contributed by atoms with van der Waals surface area (Å²) in [4.78, 5) is 31.7. The molecule has 0 heterocycles. The molecule has 5 nitrogen and oxygen atoms in total. The van der Waals surface area contributed by atoms with Crippen molar-refractivity contribution in [2.75, 3.05) is 7.11 Å². The fraction of sp³-hybridized carbons (Fsp3) is 0.273. The Morgan fingerprint density at radius 2 is 1.94 bits per heavy atom. The normalized spacial score (nSPS) is 10.1. The van der Waals surface area contributed by atoms with Crippen LogP contribution in [0.25, 0.3) is 0 Å². The van der Waals surface area contributed by atoms with E-state index in [1.807, 2.05) is 0 Å². The number of ether oxygens (including phenoxy) is 1. The van der Waals surface area contributed by atoms with E-state index < -0.39 is 11.9 Å². The Bertz CT molecular complexity index is 459. The monoisotopic (exact) mass is 380 g/mol. The summed E-state index contributed by atoms with van der Waals surface area (Å²) in [6.07, 6.45) is 0. The van der Waals surface area contributed by atoms with Crippen molar-refractivity contribution in [2.45, 2.75) is 10.7 Å². The van der Waals surface area contributed by atoms with E-state index in [-0.39, 0.29) is 15.0 Å². The van der Waals surface area contributed by atoms with Crippen LogP contribution in [-0.2, 0) is 14.4 Å². The van der Waals surface area contributed by atoms with Gasteiger partial charge in [-0.15, -0.1) is 0 Å². The van der Waals surface area contributed by atoms with Gasteiger partial charge in [0, 0.05) is 12.5 Å². The zero-order valence-electron chi connectivity index (χ0n) is 9.61. The van der Waals surface area contributed by atoms with Gasteiger partial charge in [-0.3, -0.25) is 9.78 Å². The van der Waals surface area contributed by atoms with Crippen LogP contribution in [0.1, 0.15) is 26.6 Å². The third-order valence-corrected chi connectivity index (χ3v) is 2.91. The van der Waals surface area contributed by atoms with Crippen LogP contribution in [0.5, 0.6) is 5.75 Å². The topological polar surface area (TPSA) is 61.8 Å². The highest BCUT2D eigenvalue weighted by molar-refractivity contribution is 9.24. The smallest absolute Gasteiger partial charge is 0.352 e. The molecule has 0 bridgehead atoms. The molecule has 18 heavy (non-hydrogen) atoms. The summed E-state index contributed by atoms with van der Waals surface area (Å²) in [5.41, 5.74) is 0.763. The first kappa shape index (κ1) is 15.0. The second-order valence-corrected chi connectivity index (χ2v) is 6.23. The molecule has 0 radical (unpaired) electrons. The molecule has 0 aliphatic carbocycles. The highest BCUT2D eigenvalue weighted by atomic mass is 79.9. The van der Waals surface area contributed by atoms with E-state index in [1.165, 1.54) is 20.1 Å². The van der Waals surface area contributed by atoms with Gasteiger partial charge in [0.2, 0.25) is 0 Å². The maximum Gasteiger partial charge on any atom is 0.352 e. The summed E-state index contributed by atoms with van der Waals surface area (Å²) in [5.74, 6) is -1.08. The molecule has 0 spiro atoms. The molecule has 0 unspecified atom stereocenters. The van der Waals surface area contributed by atoms with Crippen molar-refractivity contribution in [1.29, 1.82) is 0 Å². The summed E-state index contributed by atoms with van der Waals surface area (Å²) in [5, 5.41) is 0. The highest BCUT2D eigenvalue weighted by Gasteiger charge is 2.21. The quantitative estimate of drug-likeness (QED) is 0.347. The van der Waals surface area contributed by atoms with Gasteiger partial charge in [-0.2, -0.15) is 0 Å². The van der Waals surface area contributed by atoms with Crippen LogP contribution in [0.3, 0.4) is 0 Å². The molecule has 0 saturated heterocycles. The Morgan fingerprint density at radius 1 is 1.28 bits per heavy atom. The molecule has 98 valence electrons. The molecule has 0 aliphatic heterocycles. The number of benzene rings is 1. The molecule has 0 saturated carbocycles. The van der Waals surface area contributed by atoms with Crippen LogP contribution in [0, 0.1) is 0 Å². The number of hydrogen-bond donors (Lipinski definition) is 0. The zero-order chi connectivity index (χ0) is 13.7. The van der Waals surface area contributed by atoms with Gasteiger partial charge in [0.05, 0.1) is 10.8 Å². The van der Waals surface area contributed by atoms with E-state index in [2.05, 4.69) is 41.5 Å². The molecule has 0 aliphatic rings. The van der Waals surface area contributed by atoms with Crippen molar-refractivity contribution >= 4 is 43.8 Å². The van der Waals surface area contributed by atoms with E-state index in [4.69, 9.17) is 4.89 Å². The summed E-state index contributed by atoms with van der Waals surface area (Å²) < 4.78 is 4.36. The molecule has 1 aromatic rings. The maximum atomic E-state index is 11.6. The van der Waals surface area contributed by atoms with E-state index in [0.29, 0.717) is 5.56 Å². The maximum absolute atomic E-state index is 11.6. The van der Waals surface area contributed by atoms with Crippen molar-refractivity contribution in [3.05, 3.63) is 29.3 Å². The van der Waals surface area contributed by atoms with Crippen LogP contribution < -0.4 is 4.89 Å². The molecule has 7 heteroatoms. The summed E-state index contributed by atoms with van der Waals surface area (Å²) in [7, 11) is 1.25. The van der Waals surface area contributed by atoms with Crippen molar-refractivity contribution in [1.82, 2.24) is 0 Å². The van der Waals surface area contributed by atoms with Crippen LogP contribution in [0.4, 0.5) is 0 Å². The fourth-order valence-corrected chi connectivity index (χ4v) is 1.91. The van der Waals surface area contributed by atoms with Gasteiger partial charge in [-0.25, -0.2) is 9.59 Å². The molecule has 0 fully saturated rings. The lowest BCUT2D eigenvalue weighted by molar-refractivity contribution is -0.211. The largest absolute Gasteiger partial charge is 0.465 e. The zero-order valence-corrected chi connectivity index (χ0v) is 12.8. The Kier molecular flexibility index (Phi) is 5.61. The average molecular weight is 382 g/mol. The van der Waals surface area contributed by atoms with E-state index >= 15 is 0 Å². The Labute approximate surface area is 121 Å². The number of esters is 1. The standard InChI is InChI=1S/C11H10Br2O5/c1-6(14)17-18-9-7(10(12)13)4-3-5-8(9)11(15)16-2/h3-5,10H,1-2H3. The first-order valence-electron chi connectivity index (χ1n) is 4.81. The lowest BCUT2D eigenvalue weighted by Gasteiger charge is -2.12. The van der Waals surface area contributed by atoms with Gasteiger partial charge in [-0.1, -0.05) is 44.0 Å². The van der Waals surface area contributed by atoms with Crippen molar-refractivity contribution < 1.29 is 24.1 Å². The SMILES string of the molecule is COC(=O)c1cccc(C(Br)Br)c1OOC(C)=O. The lowest BCUT2D eigenvalue weighted by Crippen LogP contribution is -2.10. The second kappa shape index (κ2) is 6.75. The summed E-state index contributed by atoms with van der Waals surface area (Å²) in [6.45, 7) is 1.19. The Hall–Kier alpha value is -1.08. The van der Waals surface area contributed by atoms with Crippen molar-refractivity contribution in [3.63, 3.8) is 0 Å². The number of rotatable bonds is 4. The van der Waals surface area contributed by atoms with Crippen LogP contribution in [0.2, 0.25) is 0 Å². The first-order valence-corrected chi connectivity index (χ1v) is 6.65. The predicted molar refractivity (Wildman–Crippen MR) is 70.8 cm³/mol. The third-order valence-electron chi connectivity index (χ3n) is 1.93. The average Bonchev–Trinajstić information content (AvgIpc) is 2.34. The highest BCUT2D eigenvalue weighted by Crippen LogP contribution is 2.38. The van der Waals surface area contributed by atoms with Gasteiger partial charge in [-0.05, 0) is 6.07 Å². The van der Waals surface area contributed by atoms with Crippen molar-refractivity contribution in [3.8, 4) is 5.75 Å². The van der Waals surface area contributed by atoms with Crippen LogP contribution >= 0.6 is 31.9 Å². The molecular weight excluding hydrogens is 372 g/mol. The summed E-state index contributed by atoms with van der Waals surface area (Å²) in [6, 6.07) is 4.88. The van der Waals surface area contributed by atoms with Crippen molar-refractivity contribution in [2.24, 2.45) is 0 Å². The van der Waals surface area contributed by atoms with Gasteiger partial charge >= 0.3 is 11.9 Å². The van der Waals surface area contributed by atoms with E-state index in [9.17, 15) is 9.59 Å². The molecule has 0 aromatic heterocycles. The van der Waals surface area contributed by atoms with E-state index in [0.717, 1.165) is 0 Å². The van der Waals surface area contributed by atoms with Crippen LogP contribution in [0.15, 0.2) is 18.2 Å². The van der Waals surface area contributed by atoms with E-state index in [1.54, 1.807) is 12.1 Å². The second-order valence-electron chi connectivity index (χ2n) is 3.17. The minimum absolute atomic E-state index is 0.123. The number of methoxy groups -OCH3 is 1. The molecular formula is C11H10Br2O5. The number of carbonyl (C=O) groups is 2. The predicted octanol–water partition coefficient (Wildman–Crippen LogP) is 3.12. The van der Waals surface area contributed by atoms with Gasteiger partial charge in [0.25, 0.3) is 0 Å². The number of para-hydroxylation sites is 1. The summed E-state index contributed by atoms with van der Waals surface area (Å²) >= 11 is 6.58. The van der Waals surface area contributed by atoms with Gasteiger partial charge in [0.1, 0.15) is 5.56 Å². The molecule has 0 atom stereocenters. The number of hydrogen-bond acceptors (Lipinski definition) is 5. The number of carbonyl (C=O) groups excluding carboxylic acids is 2.